The molecule has 30 heavy (non-hydrogen) atoms. The average Bonchev–Trinajstić information content (AvgIpc) is 3.04. The van der Waals surface area contributed by atoms with E-state index < -0.39 is 5.76 Å². The molecule has 0 N–H and O–H groups in total. The topological polar surface area (TPSA) is 76.5 Å². The molecule has 1 saturated carbocycles. The maximum Gasteiger partial charge on any atom is 0.437 e. The number of nitrogens with zero attached hydrogens (tertiary/aromatic N) is 5. The summed E-state index contributed by atoms with van der Waals surface area (Å²) in [7, 11) is 0. The number of aryl methyl sites for hydroxylation is 1. The molecule has 0 spiro atoms. The minimum absolute atomic E-state index is 0.0181. The van der Waals surface area contributed by atoms with Crippen LogP contribution in [-0.2, 0) is 6.54 Å². The predicted octanol–water partition coefficient (Wildman–Crippen LogP) is 3.94. The quantitative estimate of drug-likeness (QED) is 0.657. The van der Waals surface area contributed by atoms with Crippen LogP contribution in [0.5, 0.6) is 0 Å². The van der Waals surface area contributed by atoms with E-state index in [0.717, 1.165) is 35.2 Å². The van der Waals surface area contributed by atoms with Gasteiger partial charge in [-0.2, -0.15) is 4.68 Å². The second-order valence-electron chi connectivity index (χ2n) is 7.73. The molecule has 3 aromatic rings. The van der Waals surface area contributed by atoms with E-state index in [0.29, 0.717) is 17.6 Å². The van der Waals surface area contributed by atoms with Crippen molar-refractivity contribution in [2.24, 2.45) is 4.99 Å². The number of fused-ring (bicyclic) bond motifs is 1. The van der Waals surface area contributed by atoms with E-state index >= 15 is 0 Å². The lowest BCUT2D eigenvalue weighted by Crippen LogP contribution is -2.32. The number of aromatic nitrogens is 3. The third kappa shape index (κ3) is 3.14. The zero-order valence-corrected chi connectivity index (χ0v) is 16.5. The number of benzene rings is 1. The van der Waals surface area contributed by atoms with Gasteiger partial charge in [0, 0.05) is 17.5 Å². The molecule has 0 radical (unpaired) electrons. The molecule has 1 aliphatic carbocycles. The van der Waals surface area contributed by atoms with Crippen LogP contribution in [0.15, 0.2) is 57.3 Å². The van der Waals surface area contributed by atoms with Crippen LogP contribution in [0.2, 0.25) is 0 Å². The monoisotopic (exact) mass is 405 g/mol. The van der Waals surface area contributed by atoms with Crippen LogP contribution >= 0.6 is 0 Å². The van der Waals surface area contributed by atoms with Crippen molar-refractivity contribution in [2.45, 2.75) is 38.3 Å². The van der Waals surface area contributed by atoms with E-state index in [9.17, 15) is 9.18 Å². The Morgan fingerprint density at radius 3 is 2.77 bits per heavy atom. The first kappa shape index (κ1) is 18.5. The summed E-state index contributed by atoms with van der Waals surface area (Å²) in [5.74, 6) is 0.518. The molecule has 3 heterocycles. The largest absolute Gasteiger partial charge is 0.437 e. The van der Waals surface area contributed by atoms with Crippen molar-refractivity contribution < 1.29 is 8.81 Å². The molecule has 2 aliphatic rings. The fourth-order valence-corrected chi connectivity index (χ4v) is 4.04. The van der Waals surface area contributed by atoms with Crippen molar-refractivity contribution in [3.05, 3.63) is 82.1 Å². The van der Waals surface area contributed by atoms with E-state index in [2.05, 4.69) is 21.7 Å². The first-order valence-electron chi connectivity index (χ1n) is 9.79. The van der Waals surface area contributed by atoms with Gasteiger partial charge in [0.25, 0.3) is 0 Å². The summed E-state index contributed by atoms with van der Waals surface area (Å²) < 4.78 is 19.9. The molecule has 0 unspecified atom stereocenters. The zero-order valence-electron chi connectivity index (χ0n) is 16.5. The second-order valence-corrected chi connectivity index (χ2v) is 7.73. The minimum Gasteiger partial charge on any atom is -0.390 e. The van der Waals surface area contributed by atoms with Gasteiger partial charge in [0.15, 0.2) is 5.82 Å². The van der Waals surface area contributed by atoms with Crippen molar-refractivity contribution in [3.63, 3.8) is 0 Å². The summed E-state index contributed by atoms with van der Waals surface area (Å²) in [5, 5.41) is 4.40. The Bertz CT molecular complexity index is 1210. The fourth-order valence-electron chi connectivity index (χ4n) is 4.04. The van der Waals surface area contributed by atoms with Crippen LogP contribution in [0.25, 0.3) is 5.70 Å². The van der Waals surface area contributed by atoms with Gasteiger partial charge in [0.2, 0.25) is 5.89 Å². The highest BCUT2D eigenvalue weighted by atomic mass is 19.1. The molecule has 0 saturated heterocycles. The molecular formula is C22H20FN5O2. The van der Waals surface area contributed by atoms with Gasteiger partial charge < -0.3 is 9.32 Å². The zero-order chi connectivity index (χ0) is 20.8. The Labute approximate surface area is 172 Å². The number of halogens is 1. The Hall–Kier alpha value is -3.55. The van der Waals surface area contributed by atoms with E-state index in [1.807, 2.05) is 13.0 Å². The maximum atomic E-state index is 13.1. The highest BCUT2D eigenvalue weighted by Gasteiger charge is 2.34. The number of hydrogen-bond donors (Lipinski definition) is 0. The summed E-state index contributed by atoms with van der Waals surface area (Å²) in [6, 6.07) is 8.41. The maximum absolute atomic E-state index is 13.1. The van der Waals surface area contributed by atoms with Crippen LogP contribution in [0, 0.1) is 12.7 Å². The number of hydrogen-bond acceptors (Lipinski definition) is 6. The third-order valence-corrected chi connectivity index (χ3v) is 5.81. The SMILES string of the molecule is C=C1c2c(C)ccnc2N=CN1Cc1nn(C2CC(c3ccc(F)cc3)C2)c(=O)o1. The molecule has 152 valence electrons. The summed E-state index contributed by atoms with van der Waals surface area (Å²) in [6.07, 6.45) is 4.89. The molecule has 2 aromatic heterocycles. The van der Waals surface area contributed by atoms with Crippen molar-refractivity contribution in [1.29, 1.82) is 0 Å². The van der Waals surface area contributed by atoms with Gasteiger partial charge in [-0.25, -0.2) is 19.2 Å². The van der Waals surface area contributed by atoms with Crippen LogP contribution in [0.1, 0.15) is 47.4 Å². The predicted molar refractivity (Wildman–Crippen MR) is 110 cm³/mol. The highest BCUT2D eigenvalue weighted by Crippen LogP contribution is 2.43. The van der Waals surface area contributed by atoms with Crippen molar-refractivity contribution >= 4 is 17.9 Å². The summed E-state index contributed by atoms with van der Waals surface area (Å²) in [6.45, 7) is 6.39. The average molecular weight is 405 g/mol. The molecular weight excluding hydrogens is 385 g/mol. The minimum atomic E-state index is -0.467. The van der Waals surface area contributed by atoms with Crippen LogP contribution < -0.4 is 5.76 Å². The molecule has 7 nitrogen and oxygen atoms in total. The van der Waals surface area contributed by atoms with Crippen LogP contribution in [0.4, 0.5) is 10.2 Å². The van der Waals surface area contributed by atoms with Crippen molar-refractivity contribution in [3.8, 4) is 0 Å². The Morgan fingerprint density at radius 1 is 1.23 bits per heavy atom. The van der Waals surface area contributed by atoms with Crippen molar-refractivity contribution in [1.82, 2.24) is 19.7 Å². The summed E-state index contributed by atoms with van der Waals surface area (Å²) in [5.41, 5.74) is 3.72. The molecule has 0 atom stereocenters. The van der Waals surface area contributed by atoms with E-state index in [1.165, 1.54) is 16.8 Å². The van der Waals surface area contributed by atoms with E-state index in [-0.39, 0.29) is 18.4 Å². The number of aliphatic imine (C=N–C) groups is 1. The normalized spacial score (nSPS) is 20.2. The van der Waals surface area contributed by atoms with Gasteiger partial charge in [-0.05, 0) is 55.0 Å². The summed E-state index contributed by atoms with van der Waals surface area (Å²) in [4.78, 5) is 22.8. The van der Waals surface area contributed by atoms with Crippen molar-refractivity contribution in [2.75, 3.05) is 0 Å². The Balaban J connectivity index is 1.29. The molecule has 1 aromatic carbocycles. The smallest absolute Gasteiger partial charge is 0.390 e. The highest BCUT2D eigenvalue weighted by molar-refractivity contribution is 5.86. The lowest BCUT2D eigenvalue weighted by atomic mass is 9.76. The van der Waals surface area contributed by atoms with Crippen LogP contribution in [-0.4, -0.2) is 26.0 Å². The van der Waals surface area contributed by atoms with Gasteiger partial charge in [-0.15, -0.1) is 5.10 Å². The first-order valence-corrected chi connectivity index (χ1v) is 9.79. The van der Waals surface area contributed by atoms with Gasteiger partial charge in [0.05, 0.1) is 12.4 Å². The second kappa shape index (κ2) is 7.05. The lowest BCUT2D eigenvalue weighted by molar-refractivity contribution is 0.233. The number of pyridine rings is 1. The van der Waals surface area contributed by atoms with E-state index in [4.69, 9.17) is 4.42 Å². The number of rotatable bonds is 4. The van der Waals surface area contributed by atoms with Gasteiger partial charge in [-0.1, -0.05) is 18.7 Å². The van der Waals surface area contributed by atoms with Gasteiger partial charge >= 0.3 is 5.76 Å². The van der Waals surface area contributed by atoms with Crippen LogP contribution in [0.3, 0.4) is 0 Å². The molecule has 0 bridgehead atoms. The van der Waals surface area contributed by atoms with Gasteiger partial charge in [0.1, 0.15) is 12.4 Å². The summed E-state index contributed by atoms with van der Waals surface area (Å²) >= 11 is 0. The first-order chi connectivity index (χ1) is 14.5. The molecule has 5 rings (SSSR count). The van der Waals surface area contributed by atoms with Gasteiger partial charge in [-0.3, -0.25) is 0 Å². The fraction of sp³-hybridized carbons (Fsp3) is 0.273. The lowest BCUT2D eigenvalue weighted by Gasteiger charge is -2.34. The molecule has 0 amide bonds. The Morgan fingerprint density at radius 2 is 2.00 bits per heavy atom. The van der Waals surface area contributed by atoms with E-state index in [1.54, 1.807) is 29.6 Å². The standard InChI is InChI=1S/C22H20FN5O2/c1-13-7-8-24-21-20(13)14(2)27(12-25-21)11-19-26-28(22(29)30-19)18-9-16(10-18)15-3-5-17(23)6-4-15/h3-8,12,16,18H,2,9-11H2,1H3. The Kier molecular flexibility index (Phi) is 4.34. The molecule has 8 heteroatoms. The third-order valence-electron chi connectivity index (χ3n) is 5.81. The molecule has 1 fully saturated rings. The molecule has 1 aliphatic heterocycles.